The highest BCUT2D eigenvalue weighted by Gasteiger charge is 2.28. The van der Waals surface area contributed by atoms with Gasteiger partial charge in [-0.2, -0.15) is 5.10 Å². The van der Waals surface area contributed by atoms with E-state index in [-0.39, 0.29) is 11.9 Å². The number of ether oxygens (including phenoxy) is 1. The molecule has 2 heterocycles. The third-order valence-corrected chi connectivity index (χ3v) is 4.22. The number of carbonyl (C=O) groups is 1. The second-order valence-corrected chi connectivity index (χ2v) is 6.30. The average molecular weight is 335 g/mol. The fourth-order valence-electron chi connectivity index (χ4n) is 3.01. The third-order valence-electron chi connectivity index (χ3n) is 4.22. The largest absolute Gasteiger partial charge is 0.466 e. The van der Waals surface area contributed by atoms with Crippen molar-refractivity contribution in [3.63, 3.8) is 0 Å². The van der Waals surface area contributed by atoms with E-state index in [0.717, 1.165) is 38.4 Å². The minimum absolute atomic E-state index is 0.0567. The molecule has 134 valence electrons. The molecule has 1 aliphatic rings. The van der Waals surface area contributed by atoms with E-state index in [1.165, 1.54) is 0 Å². The Kier molecular flexibility index (Phi) is 7.08. The summed E-state index contributed by atoms with van der Waals surface area (Å²) >= 11 is 0. The maximum absolute atomic E-state index is 12.0. The zero-order chi connectivity index (χ0) is 17.4. The molecule has 0 spiro atoms. The zero-order valence-electron chi connectivity index (χ0n) is 14.9. The predicted octanol–water partition coefficient (Wildman–Crippen LogP) is 1.37. The van der Waals surface area contributed by atoms with Crippen LogP contribution in [0.15, 0.2) is 23.5 Å². The number of carbonyl (C=O) groups excluding carboxylic acids is 1. The Morgan fingerprint density at radius 2 is 2.38 bits per heavy atom. The maximum Gasteiger partial charge on any atom is 0.310 e. The van der Waals surface area contributed by atoms with Crippen LogP contribution >= 0.6 is 0 Å². The Balaban J connectivity index is 1.83. The van der Waals surface area contributed by atoms with Crippen LogP contribution in [0, 0.1) is 11.8 Å². The van der Waals surface area contributed by atoms with E-state index in [4.69, 9.17) is 4.74 Å². The van der Waals surface area contributed by atoms with Gasteiger partial charge >= 0.3 is 5.97 Å². The van der Waals surface area contributed by atoms with Gasteiger partial charge in [-0.05, 0) is 31.7 Å². The molecule has 1 fully saturated rings. The van der Waals surface area contributed by atoms with Crippen LogP contribution in [0.25, 0.3) is 0 Å². The average Bonchev–Trinajstić information content (AvgIpc) is 3.09. The summed E-state index contributed by atoms with van der Waals surface area (Å²) in [5, 5.41) is 7.66. The number of aromatic nitrogens is 2. The van der Waals surface area contributed by atoms with Gasteiger partial charge in [-0.25, -0.2) is 0 Å². The molecule has 0 aliphatic carbocycles. The third kappa shape index (κ3) is 5.25. The maximum atomic E-state index is 12.0. The lowest BCUT2D eigenvalue weighted by atomic mass is 9.98. The summed E-state index contributed by atoms with van der Waals surface area (Å²) in [7, 11) is 1.79. The topological polar surface area (TPSA) is 71.8 Å². The summed E-state index contributed by atoms with van der Waals surface area (Å²) < 4.78 is 7.10. The minimum atomic E-state index is -0.0929. The molecular formula is C17H29N5O2. The van der Waals surface area contributed by atoms with Crippen LogP contribution in [0.1, 0.15) is 26.7 Å². The van der Waals surface area contributed by atoms with Gasteiger partial charge < -0.3 is 15.0 Å². The Bertz CT molecular complexity index is 529. The van der Waals surface area contributed by atoms with Gasteiger partial charge in [0.1, 0.15) is 0 Å². The molecule has 7 nitrogen and oxygen atoms in total. The minimum Gasteiger partial charge on any atom is -0.466 e. The molecule has 0 saturated carbocycles. The van der Waals surface area contributed by atoms with Crippen LogP contribution in [0.5, 0.6) is 0 Å². The van der Waals surface area contributed by atoms with Crippen LogP contribution in [-0.4, -0.2) is 59.9 Å². The van der Waals surface area contributed by atoms with Crippen molar-refractivity contribution in [1.82, 2.24) is 20.0 Å². The van der Waals surface area contributed by atoms with E-state index in [0.29, 0.717) is 19.1 Å². The van der Waals surface area contributed by atoms with Gasteiger partial charge in [0.25, 0.3) is 0 Å². The second kappa shape index (κ2) is 9.30. The molecule has 1 aromatic rings. The fourth-order valence-corrected chi connectivity index (χ4v) is 3.01. The van der Waals surface area contributed by atoms with E-state index < -0.39 is 0 Å². The van der Waals surface area contributed by atoms with Crippen molar-refractivity contribution in [2.45, 2.75) is 33.2 Å². The standard InChI is InChI=1S/C17H29N5O2/c1-4-24-16(23)15-7-5-9-21(13-15)17(18-3)19-11-14(2)12-22-10-6-8-20-22/h6,8,10,14-15H,4-5,7,9,11-13H2,1-3H3,(H,18,19). The summed E-state index contributed by atoms with van der Waals surface area (Å²) in [6, 6.07) is 1.93. The molecule has 2 rings (SSSR count). The highest BCUT2D eigenvalue weighted by molar-refractivity contribution is 5.81. The van der Waals surface area contributed by atoms with Crippen molar-refractivity contribution in [1.29, 1.82) is 0 Å². The number of esters is 1. The molecule has 0 aromatic carbocycles. The molecule has 0 bridgehead atoms. The quantitative estimate of drug-likeness (QED) is 0.483. The van der Waals surface area contributed by atoms with Gasteiger partial charge in [0.15, 0.2) is 5.96 Å². The molecule has 1 N–H and O–H groups in total. The molecule has 1 saturated heterocycles. The number of hydrogen-bond donors (Lipinski definition) is 1. The number of nitrogens with zero attached hydrogens (tertiary/aromatic N) is 4. The monoisotopic (exact) mass is 335 g/mol. The van der Waals surface area contributed by atoms with Crippen LogP contribution in [0.3, 0.4) is 0 Å². The first-order valence-corrected chi connectivity index (χ1v) is 8.73. The fraction of sp³-hybridized carbons (Fsp3) is 0.706. The zero-order valence-corrected chi connectivity index (χ0v) is 14.9. The van der Waals surface area contributed by atoms with Crippen molar-refractivity contribution >= 4 is 11.9 Å². The molecule has 0 radical (unpaired) electrons. The molecule has 24 heavy (non-hydrogen) atoms. The lowest BCUT2D eigenvalue weighted by molar-refractivity contribution is -0.149. The Labute approximate surface area is 144 Å². The van der Waals surface area contributed by atoms with Crippen molar-refractivity contribution in [3.05, 3.63) is 18.5 Å². The Morgan fingerprint density at radius 3 is 3.04 bits per heavy atom. The van der Waals surface area contributed by atoms with E-state index in [2.05, 4.69) is 27.2 Å². The normalized spacial score (nSPS) is 19.9. The van der Waals surface area contributed by atoms with Crippen molar-refractivity contribution in [2.75, 3.05) is 33.3 Å². The first-order valence-electron chi connectivity index (χ1n) is 8.73. The van der Waals surface area contributed by atoms with E-state index >= 15 is 0 Å². The Morgan fingerprint density at radius 1 is 1.54 bits per heavy atom. The number of guanidine groups is 1. The lowest BCUT2D eigenvalue weighted by Crippen LogP contribution is -2.49. The molecule has 7 heteroatoms. The molecule has 2 unspecified atom stereocenters. The molecule has 0 amide bonds. The van der Waals surface area contributed by atoms with Crippen molar-refractivity contribution in [3.8, 4) is 0 Å². The summed E-state index contributed by atoms with van der Waals surface area (Å²) in [6.45, 7) is 7.73. The number of aliphatic imine (C=N–C) groups is 1. The van der Waals surface area contributed by atoms with E-state index in [1.807, 2.05) is 23.9 Å². The van der Waals surface area contributed by atoms with Gasteiger partial charge in [0.05, 0.1) is 12.5 Å². The summed E-state index contributed by atoms with van der Waals surface area (Å²) in [5.41, 5.74) is 0. The first-order chi connectivity index (χ1) is 11.6. The van der Waals surface area contributed by atoms with Gasteiger partial charge in [0.2, 0.25) is 0 Å². The number of likely N-dealkylation sites (tertiary alicyclic amines) is 1. The Hall–Kier alpha value is -2.05. The van der Waals surface area contributed by atoms with Crippen LogP contribution < -0.4 is 5.32 Å². The highest BCUT2D eigenvalue weighted by Crippen LogP contribution is 2.18. The molecular weight excluding hydrogens is 306 g/mol. The van der Waals surface area contributed by atoms with Gasteiger partial charge in [-0.3, -0.25) is 14.5 Å². The number of rotatable bonds is 6. The van der Waals surface area contributed by atoms with Crippen molar-refractivity contribution in [2.24, 2.45) is 16.8 Å². The van der Waals surface area contributed by atoms with Gasteiger partial charge in [-0.1, -0.05) is 6.92 Å². The lowest BCUT2D eigenvalue weighted by Gasteiger charge is -2.34. The van der Waals surface area contributed by atoms with E-state index in [9.17, 15) is 4.79 Å². The summed E-state index contributed by atoms with van der Waals surface area (Å²) in [5.74, 6) is 1.13. The predicted molar refractivity (Wildman–Crippen MR) is 93.7 cm³/mol. The highest BCUT2D eigenvalue weighted by atomic mass is 16.5. The van der Waals surface area contributed by atoms with Gasteiger partial charge in [-0.15, -0.1) is 0 Å². The number of piperidine rings is 1. The molecule has 2 atom stereocenters. The summed E-state index contributed by atoms with van der Waals surface area (Å²) in [6.07, 6.45) is 5.64. The van der Waals surface area contributed by atoms with Crippen LogP contribution in [0.4, 0.5) is 0 Å². The molecule has 1 aliphatic heterocycles. The van der Waals surface area contributed by atoms with Crippen molar-refractivity contribution < 1.29 is 9.53 Å². The first kappa shape index (κ1) is 18.3. The smallest absolute Gasteiger partial charge is 0.310 e. The SMILES string of the molecule is CCOC(=O)C1CCCN(C(=NC)NCC(C)Cn2cccn2)C1. The van der Waals surface area contributed by atoms with Gasteiger partial charge in [0, 0.05) is 45.6 Å². The number of hydrogen-bond acceptors (Lipinski definition) is 4. The van der Waals surface area contributed by atoms with E-state index in [1.54, 1.807) is 13.2 Å². The van der Waals surface area contributed by atoms with Crippen LogP contribution in [-0.2, 0) is 16.1 Å². The second-order valence-electron chi connectivity index (χ2n) is 6.30. The van der Waals surface area contributed by atoms with Crippen LogP contribution in [0.2, 0.25) is 0 Å². The number of nitrogens with one attached hydrogen (secondary N) is 1. The molecule has 1 aromatic heterocycles. The summed E-state index contributed by atoms with van der Waals surface area (Å²) in [4.78, 5) is 18.5.